The predicted molar refractivity (Wildman–Crippen MR) is 79.2 cm³/mol. The highest BCUT2D eigenvalue weighted by atomic mass is 16.2. The number of anilines is 1. The molecule has 0 aromatic heterocycles. The maximum Gasteiger partial charge on any atom is 0.235 e. The Bertz CT molecular complexity index is 622. The van der Waals surface area contributed by atoms with E-state index in [4.69, 9.17) is 0 Å². The lowest BCUT2D eigenvalue weighted by molar-refractivity contribution is -0.140. The van der Waals surface area contributed by atoms with Gasteiger partial charge in [0.15, 0.2) is 0 Å². The fourth-order valence-electron chi connectivity index (χ4n) is 4.05. The number of hydrogen-bond donors (Lipinski definition) is 1. The van der Waals surface area contributed by atoms with Crippen molar-refractivity contribution in [2.24, 2.45) is 23.7 Å². The first-order chi connectivity index (χ1) is 10.1. The van der Waals surface area contributed by atoms with Gasteiger partial charge in [0.2, 0.25) is 11.8 Å². The van der Waals surface area contributed by atoms with Gasteiger partial charge in [0.25, 0.3) is 0 Å². The number of carbonyl (C=O) groups is 2. The van der Waals surface area contributed by atoms with E-state index < -0.39 is 0 Å². The van der Waals surface area contributed by atoms with Crippen molar-refractivity contribution in [3.05, 3.63) is 42.0 Å². The van der Waals surface area contributed by atoms with Gasteiger partial charge in [-0.3, -0.25) is 14.5 Å². The molecule has 1 saturated carbocycles. The molecule has 4 nitrogen and oxygen atoms in total. The number of rotatable bonds is 3. The zero-order valence-corrected chi connectivity index (χ0v) is 12.0. The number of allylic oxidation sites excluding steroid dienone is 2. The predicted octanol–water partition coefficient (Wildman–Crippen LogP) is 2.17. The van der Waals surface area contributed by atoms with E-state index in [-0.39, 0.29) is 42.2 Å². The molecule has 4 rings (SSSR count). The topological polar surface area (TPSA) is 49.4 Å². The fraction of sp³-hybridized carbons (Fsp3) is 0.412. The highest BCUT2D eigenvalue weighted by Crippen LogP contribution is 2.52. The molecule has 4 heteroatoms. The summed E-state index contributed by atoms with van der Waals surface area (Å²) in [6.07, 6.45) is 5.22. The van der Waals surface area contributed by atoms with Crippen molar-refractivity contribution in [1.82, 2.24) is 4.90 Å². The van der Waals surface area contributed by atoms with Gasteiger partial charge in [-0.05, 0) is 42.9 Å². The van der Waals surface area contributed by atoms with Crippen LogP contribution in [0.3, 0.4) is 0 Å². The summed E-state index contributed by atoms with van der Waals surface area (Å²) in [5.74, 6) is 0.350. The van der Waals surface area contributed by atoms with E-state index in [1.54, 1.807) is 0 Å². The molecule has 108 valence electrons. The summed E-state index contributed by atoms with van der Waals surface area (Å²) >= 11 is 0. The molecule has 1 heterocycles. The molecule has 0 unspecified atom stereocenters. The number of aryl methyl sites for hydroxylation is 1. The van der Waals surface area contributed by atoms with E-state index in [9.17, 15) is 9.59 Å². The maximum absolute atomic E-state index is 12.5. The highest BCUT2D eigenvalue weighted by molar-refractivity contribution is 6.06. The van der Waals surface area contributed by atoms with Crippen molar-refractivity contribution in [3.63, 3.8) is 0 Å². The van der Waals surface area contributed by atoms with Gasteiger partial charge >= 0.3 is 0 Å². The molecule has 1 aromatic carbocycles. The SMILES string of the molecule is Cc1cccc(NCN2C(=O)[C@@H]3[C@H](C2=O)[C@H]2C=C[C@@H]3C2)c1. The molecule has 1 saturated heterocycles. The van der Waals surface area contributed by atoms with Crippen molar-refractivity contribution in [2.45, 2.75) is 13.3 Å². The normalized spacial score (nSPS) is 32.9. The van der Waals surface area contributed by atoms with E-state index in [0.29, 0.717) is 0 Å². The average Bonchev–Trinajstić information content (AvgIpc) is 3.12. The van der Waals surface area contributed by atoms with E-state index in [2.05, 4.69) is 17.5 Å². The number of nitrogens with zero attached hydrogens (tertiary/aromatic N) is 1. The lowest BCUT2D eigenvalue weighted by Gasteiger charge is -2.18. The van der Waals surface area contributed by atoms with Crippen LogP contribution < -0.4 is 5.32 Å². The Kier molecular flexibility index (Phi) is 2.67. The molecular formula is C17H18N2O2. The first-order valence-electron chi connectivity index (χ1n) is 7.49. The molecule has 21 heavy (non-hydrogen) atoms. The fourth-order valence-corrected chi connectivity index (χ4v) is 4.05. The summed E-state index contributed by atoms with van der Waals surface area (Å²) in [7, 11) is 0. The summed E-state index contributed by atoms with van der Waals surface area (Å²) in [6.45, 7) is 2.29. The minimum absolute atomic E-state index is 0.00185. The molecule has 2 aliphatic carbocycles. The number of amides is 2. The van der Waals surface area contributed by atoms with Crippen molar-refractivity contribution < 1.29 is 9.59 Å². The van der Waals surface area contributed by atoms with Gasteiger partial charge in [0.1, 0.15) is 0 Å². The third kappa shape index (κ3) is 1.82. The van der Waals surface area contributed by atoms with E-state index in [1.165, 1.54) is 4.90 Å². The van der Waals surface area contributed by atoms with Gasteiger partial charge in [0, 0.05) is 5.69 Å². The Morgan fingerprint density at radius 1 is 1.14 bits per heavy atom. The lowest BCUT2D eigenvalue weighted by Crippen LogP contribution is -2.37. The molecular weight excluding hydrogens is 264 g/mol. The van der Waals surface area contributed by atoms with Crippen LogP contribution in [0, 0.1) is 30.6 Å². The minimum Gasteiger partial charge on any atom is -0.367 e. The second-order valence-corrected chi connectivity index (χ2v) is 6.31. The van der Waals surface area contributed by atoms with Gasteiger partial charge in [-0.15, -0.1) is 0 Å². The summed E-state index contributed by atoms with van der Waals surface area (Å²) in [4.78, 5) is 26.4. The van der Waals surface area contributed by atoms with Gasteiger partial charge in [-0.2, -0.15) is 0 Å². The number of nitrogens with one attached hydrogen (secondary N) is 1. The molecule has 0 radical (unpaired) electrons. The van der Waals surface area contributed by atoms with E-state index >= 15 is 0 Å². The first-order valence-corrected chi connectivity index (χ1v) is 7.49. The molecule has 3 aliphatic rings. The van der Waals surface area contributed by atoms with Crippen molar-refractivity contribution in [3.8, 4) is 0 Å². The van der Waals surface area contributed by atoms with Crippen LogP contribution in [0.1, 0.15) is 12.0 Å². The third-order valence-electron chi connectivity index (χ3n) is 5.02. The Balaban J connectivity index is 1.50. The lowest BCUT2D eigenvalue weighted by atomic mass is 9.85. The van der Waals surface area contributed by atoms with Crippen molar-refractivity contribution in [2.75, 3.05) is 12.0 Å². The van der Waals surface area contributed by atoms with E-state index in [0.717, 1.165) is 17.7 Å². The van der Waals surface area contributed by atoms with Crippen LogP contribution in [0.4, 0.5) is 5.69 Å². The number of benzene rings is 1. The Morgan fingerprint density at radius 3 is 2.43 bits per heavy atom. The number of likely N-dealkylation sites (tertiary alicyclic amines) is 1. The van der Waals surface area contributed by atoms with Crippen LogP contribution in [-0.4, -0.2) is 23.4 Å². The smallest absolute Gasteiger partial charge is 0.235 e. The summed E-state index contributed by atoms with van der Waals surface area (Å²) in [6, 6.07) is 7.94. The summed E-state index contributed by atoms with van der Waals surface area (Å²) in [5, 5.41) is 3.19. The molecule has 1 aromatic rings. The second-order valence-electron chi connectivity index (χ2n) is 6.31. The maximum atomic E-state index is 12.5. The van der Waals surface area contributed by atoms with Crippen LogP contribution in [0.2, 0.25) is 0 Å². The zero-order valence-electron chi connectivity index (χ0n) is 12.0. The summed E-state index contributed by atoms with van der Waals surface area (Å²) in [5.41, 5.74) is 2.09. The average molecular weight is 282 g/mol. The quantitative estimate of drug-likeness (QED) is 0.683. The first kappa shape index (κ1) is 12.6. The Hall–Kier alpha value is -2.10. The van der Waals surface area contributed by atoms with Gasteiger partial charge < -0.3 is 5.32 Å². The van der Waals surface area contributed by atoms with Crippen LogP contribution in [0.15, 0.2) is 36.4 Å². The minimum atomic E-state index is -0.105. The Labute approximate surface area is 123 Å². The van der Waals surface area contributed by atoms with Gasteiger partial charge in [-0.25, -0.2) is 0 Å². The largest absolute Gasteiger partial charge is 0.367 e. The number of imide groups is 1. The monoisotopic (exact) mass is 282 g/mol. The molecule has 4 atom stereocenters. The Morgan fingerprint density at radius 2 is 1.81 bits per heavy atom. The van der Waals surface area contributed by atoms with Crippen molar-refractivity contribution in [1.29, 1.82) is 0 Å². The van der Waals surface area contributed by atoms with Crippen LogP contribution in [0.5, 0.6) is 0 Å². The number of hydrogen-bond acceptors (Lipinski definition) is 3. The zero-order chi connectivity index (χ0) is 14.6. The molecule has 1 N–H and O–H groups in total. The highest BCUT2D eigenvalue weighted by Gasteiger charge is 2.59. The molecule has 2 bridgehead atoms. The van der Waals surface area contributed by atoms with Crippen molar-refractivity contribution >= 4 is 17.5 Å². The molecule has 0 spiro atoms. The number of fused-ring (bicyclic) bond motifs is 5. The second kappa shape index (κ2) is 4.45. The van der Waals surface area contributed by atoms with Crippen LogP contribution >= 0.6 is 0 Å². The molecule has 1 aliphatic heterocycles. The van der Waals surface area contributed by atoms with Gasteiger partial charge in [0.05, 0.1) is 18.5 Å². The van der Waals surface area contributed by atoms with Crippen LogP contribution in [0.25, 0.3) is 0 Å². The standard InChI is InChI=1S/C17H18N2O2/c1-10-3-2-4-13(7-10)18-9-19-16(20)14-11-5-6-12(8-11)15(14)17(19)21/h2-7,11-12,14-15,18H,8-9H2,1H3/t11-,12+,14+,15-. The van der Waals surface area contributed by atoms with Gasteiger partial charge in [-0.1, -0.05) is 24.3 Å². The summed E-state index contributed by atoms with van der Waals surface area (Å²) < 4.78 is 0. The molecule has 2 amide bonds. The van der Waals surface area contributed by atoms with Crippen LogP contribution in [-0.2, 0) is 9.59 Å². The van der Waals surface area contributed by atoms with E-state index in [1.807, 2.05) is 31.2 Å². The third-order valence-corrected chi connectivity index (χ3v) is 5.02. The molecule has 2 fully saturated rings. The number of carbonyl (C=O) groups excluding carboxylic acids is 2.